The van der Waals surface area contributed by atoms with Gasteiger partial charge in [0, 0.05) is 0 Å². The van der Waals surface area contributed by atoms with E-state index >= 15 is 0 Å². The molecule has 0 aliphatic rings. The number of alkyl halides is 1. The van der Waals surface area contributed by atoms with Gasteiger partial charge in [-0.2, -0.15) is 4.39 Å². The molecule has 5 heteroatoms. The van der Waals surface area contributed by atoms with E-state index in [1.165, 1.54) is 12.1 Å². The normalized spacial score (nSPS) is 11.7. The average Bonchev–Trinajstić information content (AvgIpc) is 2.38. The highest BCUT2D eigenvalue weighted by atomic mass is 19.1. The van der Waals surface area contributed by atoms with E-state index in [4.69, 9.17) is 9.47 Å². The predicted molar refractivity (Wildman–Crippen MR) is 64.4 cm³/mol. The van der Waals surface area contributed by atoms with E-state index in [-0.39, 0.29) is 12.4 Å². The topological polar surface area (TPSA) is 44.8 Å². The first-order valence-corrected chi connectivity index (χ1v) is 5.87. The molecule has 0 aliphatic heterocycles. The van der Waals surface area contributed by atoms with Crippen LogP contribution in [0.4, 0.5) is 4.39 Å². The Bertz CT molecular complexity index is 364. The van der Waals surface area contributed by atoms with E-state index in [0.29, 0.717) is 12.4 Å². The van der Waals surface area contributed by atoms with Crippen LogP contribution in [0.3, 0.4) is 0 Å². The summed E-state index contributed by atoms with van der Waals surface area (Å²) < 4.78 is 27.9. The maximum Gasteiger partial charge on any atom is 0.381 e. The first-order chi connectivity index (χ1) is 8.67. The minimum atomic E-state index is -2.10. The zero-order chi connectivity index (χ0) is 13.4. The molecule has 0 aliphatic carbocycles. The van der Waals surface area contributed by atoms with Crippen molar-refractivity contribution in [2.45, 2.75) is 26.6 Å². The second-order valence-corrected chi connectivity index (χ2v) is 3.51. The maximum absolute atomic E-state index is 13.2. The van der Waals surface area contributed by atoms with E-state index < -0.39 is 12.3 Å². The van der Waals surface area contributed by atoms with Crippen LogP contribution in [-0.2, 0) is 9.53 Å². The van der Waals surface area contributed by atoms with E-state index in [9.17, 15) is 9.18 Å². The van der Waals surface area contributed by atoms with Gasteiger partial charge in [-0.1, -0.05) is 6.92 Å². The average molecular weight is 256 g/mol. The van der Waals surface area contributed by atoms with Crippen molar-refractivity contribution in [1.29, 1.82) is 0 Å². The summed E-state index contributed by atoms with van der Waals surface area (Å²) in [5.74, 6) is -0.0982. The van der Waals surface area contributed by atoms with Crippen molar-refractivity contribution in [1.82, 2.24) is 0 Å². The molecule has 0 heterocycles. The van der Waals surface area contributed by atoms with E-state index in [0.717, 1.165) is 6.42 Å². The zero-order valence-electron chi connectivity index (χ0n) is 10.5. The molecule has 0 fully saturated rings. The Balaban J connectivity index is 2.50. The molecule has 0 bridgehead atoms. The predicted octanol–water partition coefficient (Wildman–Crippen LogP) is 2.71. The lowest BCUT2D eigenvalue weighted by Crippen LogP contribution is -2.24. The molecule has 18 heavy (non-hydrogen) atoms. The Kier molecular flexibility index (Phi) is 5.97. The summed E-state index contributed by atoms with van der Waals surface area (Å²) in [5, 5.41) is 0. The molecule has 0 N–H and O–H groups in total. The van der Waals surface area contributed by atoms with Gasteiger partial charge in [0.2, 0.25) is 0 Å². The van der Waals surface area contributed by atoms with Gasteiger partial charge in [0.1, 0.15) is 11.5 Å². The van der Waals surface area contributed by atoms with Gasteiger partial charge in [0.25, 0.3) is 0 Å². The number of carbonyl (C=O) groups excluding carboxylic acids is 1. The van der Waals surface area contributed by atoms with Crippen molar-refractivity contribution < 1.29 is 23.4 Å². The summed E-state index contributed by atoms with van der Waals surface area (Å²) in [5.41, 5.74) is 0. The number of benzene rings is 1. The standard InChI is InChI=1S/C13H17FO4/c1-3-9-17-10-5-7-11(8-6-10)18-12(14)13(15)16-4-2/h5-8,12H,3-4,9H2,1-2H3. The Morgan fingerprint density at radius 2 is 1.83 bits per heavy atom. The minimum Gasteiger partial charge on any atom is -0.494 e. The van der Waals surface area contributed by atoms with Crippen LogP contribution in [0.5, 0.6) is 11.5 Å². The molecule has 1 atom stereocenters. The third-order valence-electron chi connectivity index (χ3n) is 2.01. The number of rotatable bonds is 7. The summed E-state index contributed by atoms with van der Waals surface area (Å²) in [6.45, 7) is 4.34. The van der Waals surface area contributed by atoms with Gasteiger partial charge in [-0.05, 0) is 37.6 Å². The molecule has 0 saturated carbocycles. The van der Waals surface area contributed by atoms with E-state index in [1.807, 2.05) is 6.92 Å². The highest BCUT2D eigenvalue weighted by Gasteiger charge is 2.20. The van der Waals surface area contributed by atoms with Crippen LogP contribution >= 0.6 is 0 Å². The largest absolute Gasteiger partial charge is 0.494 e. The Hall–Kier alpha value is -1.78. The number of ether oxygens (including phenoxy) is 3. The second-order valence-electron chi connectivity index (χ2n) is 3.51. The smallest absolute Gasteiger partial charge is 0.381 e. The number of hydrogen-bond acceptors (Lipinski definition) is 4. The summed E-state index contributed by atoms with van der Waals surface area (Å²) in [4.78, 5) is 11.0. The SMILES string of the molecule is CCCOc1ccc(OC(F)C(=O)OCC)cc1. The number of esters is 1. The first kappa shape index (κ1) is 14.3. The molecule has 1 aromatic carbocycles. The zero-order valence-corrected chi connectivity index (χ0v) is 10.5. The molecule has 0 radical (unpaired) electrons. The summed E-state index contributed by atoms with van der Waals surface area (Å²) in [6.07, 6.45) is -1.19. The van der Waals surface area contributed by atoms with Crippen LogP contribution in [0.2, 0.25) is 0 Å². The van der Waals surface area contributed by atoms with Crippen LogP contribution < -0.4 is 9.47 Å². The molecule has 1 aromatic rings. The monoisotopic (exact) mass is 256 g/mol. The van der Waals surface area contributed by atoms with E-state index in [1.54, 1.807) is 19.1 Å². The third kappa shape index (κ3) is 4.61. The Labute approximate surface area is 106 Å². The van der Waals surface area contributed by atoms with Gasteiger partial charge in [-0.3, -0.25) is 0 Å². The Morgan fingerprint density at radius 3 is 2.39 bits per heavy atom. The van der Waals surface area contributed by atoms with Crippen LogP contribution in [0, 0.1) is 0 Å². The Morgan fingerprint density at radius 1 is 1.22 bits per heavy atom. The summed E-state index contributed by atoms with van der Waals surface area (Å²) in [7, 11) is 0. The van der Waals surface area contributed by atoms with Crippen LogP contribution in [0.1, 0.15) is 20.3 Å². The molecule has 4 nitrogen and oxygen atoms in total. The minimum absolute atomic E-state index is 0.117. The van der Waals surface area contributed by atoms with Crippen LogP contribution in [-0.4, -0.2) is 25.5 Å². The molecule has 1 rings (SSSR count). The molecule has 1 unspecified atom stereocenters. The number of halogens is 1. The maximum atomic E-state index is 13.2. The molecule has 0 spiro atoms. The van der Waals surface area contributed by atoms with Crippen molar-refractivity contribution >= 4 is 5.97 Å². The highest BCUT2D eigenvalue weighted by molar-refractivity contribution is 5.73. The second kappa shape index (κ2) is 7.53. The quantitative estimate of drug-likeness (QED) is 0.704. The van der Waals surface area contributed by atoms with Gasteiger partial charge in [0.15, 0.2) is 0 Å². The van der Waals surface area contributed by atoms with Crippen LogP contribution in [0.25, 0.3) is 0 Å². The molecular formula is C13H17FO4. The van der Waals surface area contributed by atoms with Crippen molar-refractivity contribution in [3.8, 4) is 11.5 Å². The van der Waals surface area contributed by atoms with Gasteiger partial charge in [0.05, 0.1) is 13.2 Å². The molecule has 0 aromatic heterocycles. The number of carbonyl (C=O) groups is 1. The van der Waals surface area contributed by atoms with Gasteiger partial charge in [-0.25, -0.2) is 4.79 Å². The fourth-order valence-corrected chi connectivity index (χ4v) is 1.21. The van der Waals surface area contributed by atoms with Crippen molar-refractivity contribution in [2.75, 3.05) is 13.2 Å². The lowest BCUT2D eigenvalue weighted by Gasteiger charge is -2.11. The molecular weight excluding hydrogens is 239 g/mol. The highest BCUT2D eigenvalue weighted by Crippen LogP contribution is 2.19. The number of hydrogen-bond donors (Lipinski definition) is 0. The lowest BCUT2D eigenvalue weighted by molar-refractivity contribution is -0.159. The van der Waals surface area contributed by atoms with Crippen molar-refractivity contribution in [3.05, 3.63) is 24.3 Å². The van der Waals surface area contributed by atoms with Gasteiger partial charge < -0.3 is 14.2 Å². The van der Waals surface area contributed by atoms with Crippen LogP contribution in [0.15, 0.2) is 24.3 Å². The fraction of sp³-hybridized carbons (Fsp3) is 0.462. The third-order valence-corrected chi connectivity index (χ3v) is 2.01. The molecule has 0 amide bonds. The fourth-order valence-electron chi connectivity index (χ4n) is 1.21. The lowest BCUT2D eigenvalue weighted by atomic mass is 10.3. The summed E-state index contributed by atoms with van der Waals surface area (Å²) >= 11 is 0. The molecule has 0 saturated heterocycles. The van der Waals surface area contributed by atoms with Gasteiger partial charge >= 0.3 is 12.3 Å². The van der Waals surface area contributed by atoms with Crippen molar-refractivity contribution in [2.24, 2.45) is 0 Å². The molecule has 100 valence electrons. The van der Waals surface area contributed by atoms with Gasteiger partial charge in [-0.15, -0.1) is 0 Å². The first-order valence-electron chi connectivity index (χ1n) is 5.87. The summed E-state index contributed by atoms with van der Waals surface area (Å²) in [6, 6.07) is 6.39. The van der Waals surface area contributed by atoms with E-state index in [2.05, 4.69) is 4.74 Å². The van der Waals surface area contributed by atoms with Crippen molar-refractivity contribution in [3.63, 3.8) is 0 Å².